The lowest BCUT2D eigenvalue weighted by molar-refractivity contribution is -0.152. The number of rotatable bonds is 11. The monoisotopic (exact) mass is 527 g/mol. The summed E-state index contributed by atoms with van der Waals surface area (Å²) in [4.78, 5) is 22.5. The van der Waals surface area contributed by atoms with Crippen molar-refractivity contribution < 1.29 is 23.6 Å². The van der Waals surface area contributed by atoms with Crippen LogP contribution in [0.1, 0.15) is 25.0 Å². The fraction of sp³-hybridized carbons (Fsp3) is 0.241. The molecule has 0 amide bonds. The van der Waals surface area contributed by atoms with Gasteiger partial charge in [-0.3, -0.25) is 0 Å². The first kappa shape index (κ1) is 25.8. The Kier molecular flexibility index (Phi) is 7.18. The molecule has 0 aliphatic rings. The lowest BCUT2D eigenvalue weighted by Crippen LogP contribution is -2.37. The van der Waals surface area contributed by atoms with Gasteiger partial charge in [-0.25, -0.2) is 4.79 Å². The van der Waals surface area contributed by atoms with E-state index in [4.69, 9.17) is 18.7 Å². The van der Waals surface area contributed by atoms with E-state index in [2.05, 4.69) is 20.4 Å². The number of anilines is 2. The van der Waals surface area contributed by atoms with Crippen molar-refractivity contribution in [3.8, 4) is 17.1 Å². The Morgan fingerprint density at radius 3 is 2.38 bits per heavy atom. The highest BCUT2D eigenvalue weighted by atomic mass is 16.5. The van der Waals surface area contributed by atoms with Gasteiger partial charge in [0.05, 0.1) is 0 Å². The minimum absolute atomic E-state index is 0.362. The molecule has 200 valence electrons. The Morgan fingerprint density at radius 1 is 1.00 bits per heavy atom. The molecule has 0 radical (unpaired) electrons. The number of fused-ring (bicyclic) bond motifs is 1. The fourth-order valence-electron chi connectivity index (χ4n) is 3.99. The number of oxazole rings is 1. The predicted molar refractivity (Wildman–Crippen MR) is 147 cm³/mol. The number of para-hydroxylation sites is 2. The van der Waals surface area contributed by atoms with E-state index in [1.807, 2.05) is 60.7 Å². The average molecular weight is 528 g/mol. The molecule has 0 aliphatic carbocycles. The summed E-state index contributed by atoms with van der Waals surface area (Å²) in [6.07, 6.45) is 0.717. The molecule has 5 rings (SSSR count). The summed E-state index contributed by atoms with van der Waals surface area (Å²) in [5.74, 6) is -0.0000385. The van der Waals surface area contributed by atoms with Crippen molar-refractivity contribution in [2.24, 2.45) is 0 Å². The minimum Gasteiger partial charge on any atom is -0.478 e. The van der Waals surface area contributed by atoms with Crippen molar-refractivity contribution in [3.63, 3.8) is 0 Å². The van der Waals surface area contributed by atoms with Gasteiger partial charge in [0, 0.05) is 25.7 Å². The first-order valence-corrected chi connectivity index (χ1v) is 12.5. The van der Waals surface area contributed by atoms with Gasteiger partial charge in [-0.1, -0.05) is 53.7 Å². The van der Waals surface area contributed by atoms with Crippen LogP contribution in [0.25, 0.3) is 22.5 Å². The maximum absolute atomic E-state index is 11.4. The van der Waals surface area contributed by atoms with Gasteiger partial charge in [0.1, 0.15) is 11.3 Å². The number of nitrogens with zero attached hydrogens (tertiary/aromatic N) is 4. The summed E-state index contributed by atoms with van der Waals surface area (Å²) in [6, 6.07) is 24.0. The highest BCUT2D eigenvalue weighted by Crippen LogP contribution is 2.25. The van der Waals surface area contributed by atoms with Crippen LogP contribution in [-0.4, -0.2) is 45.4 Å². The summed E-state index contributed by atoms with van der Waals surface area (Å²) >= 11 is 0. The quantitative estimate of drug-likeness (QED) is 0.230. The molecule has 0 unspecified atom stereocenters. The zero-order chi connectivity index (χ0) is 27.4. The van der Waals surface area contributed by atoms with Crippen LogP contribution >= 0.6 is 0 Å². The van der Waals surface area contributed by atoms with Crippen molar-refractivity contribution in [2.75, 3.05) is 23.8 Å². The van der Waals surface area contributed by atoms with Gasteiger partial charge in [0.15, 0.2) is 11.2 Å². The molecular weight excluding hydrogens is 498 g/mol. The zero-order valence-electron chi connectivity index (χ0n) is 21.9. The van der Waals surface area contributed by atoms with E-state index >= 15 is 0 Å². The van der Waals surface area contributed by atoms with E-state index < -0.39 is 11.6 Å². The SMILES string of the molecule is CNc1nc(-c2ccc(CN(CCc3ccc(OC(C)(C)C(=O)O)cc3)c3nc4ccccc4o3)cc2)no1. The number of nitrogens with one attached hydrogen (secondary N) is 1. The number of aliphatic carboxylic acids is 1. The Bertz CT molecular complexity index is 1520. The summed E-state index contributed by atoms with van der Waals surface area (Å²) in [5.41, 5.74) is 3.22. The molecule has 0 aliphatic heterocycles. The predicted octanol–water partition coefficient (Wildman–Crippen LogP) is 5.41. The number of carboxylic acids is 1. The van der Waals surface area contributed by atoms with Crippen LogP contribution in [0, 0.1) is 0 Å². The maximum atomic E-state index is 11.4. The molecular formula is C29H29N5O5. The van der Waals surface area contributed by atoms with Gasteiger partial charge < -0.3 is 29.0 Å². The Labute approximate surface area is 225 Å². The van der Waals surface area contributed by atoms with Crippen molar-refractivity contribution >= 4 is 29.1 Å². The van der Waals surface area contributed by atoms with Gasteiger partial charge in [-0.15, -0.1) is 0 Å². The number of hydrogen-bond acceptors (Lipinski definition) is 9. The van der Waals surface area contributed by atoms with E-state index in [9.17, 15) is 9.90 Å². The molecule has 10 heteroatoms. The molecule has 5 aromatic rings. The molecule has 10 nitrogen and oxygen atoms in total. The van der Waals surface area contributed by atoms with E-state index in [0.29, 0.717) is 36.7 Å². The molecule has 2 heterocycles. The number of ether oxygens (including phenoxy) is 1. The number of benzene rings is 3. The summed E-state index contributed by atoms with van der Waals surface area (Å²) < 4.78 is 16.8. The molecule has 0 bridgehead atoms. The molecule has 2 N–H and O–H groups in total. The number of aromatic nitrogens is 3. The Balaban J connectivity index is 1.32. The van der Waals surface area contributed by atoms with Crippen LogP contribution in [0.15, 0.2) is 81.7 Å². The topological polar surface area (TPSA) is 127 Å². The average Bonchev–Trinajstić information content (AvgIpc) is 3.59. The van der Waals surface area contributed by atoms with Gasteiger partial charge in [0.2, 0.25) is 5.82 Å². The standard InChI is InChI=1S/C29H29N5O5/c1-29(2,26(35)36)38-22-14-10-19(11-15-22)16-17-34(28-31-23-6-4-5-7-24(23)37-28)18-20-8-12-21(13-9-20)25-32-27(30-3)39-33-25/h4-15H,16-18H2,1-3H3,(H,35,36)(H,30,32,33). The van der Waals surface area contributed by atoms with Crippen LogP contribution in [0.2, 0.25) is 0 Å². The molecule has 0 saturated heterocycles. The highest BCUT2D eigenvalue weighted by molar-refractivity contribution is 5.76. The second-order valence-electron chi connectivity index (χ2n) is 9.57. The van der Waals surface area contributed by atoms with Crippen LogP contribution in [0.4, 0.5) is 12.0 Å². The van der Waals surface area contributed by atoms with Crippen LogP contribution < -0.4 is 15.0 Å². The van der Waals surface area contributed by atoms with Gasteiger partial charge in [0.25, 0.3) is 6.01 Å². The minimum atomic E-state index is -1.31. The lowest BCUT2D eigenvalue weighted by Gasteiger charge is -2.22. The van der Waals surface area contributed by atoms with E-state index in [-0.39, 0.29) is 0 Å². The molecule has 0 saturated carbocycles. The molecule has 0 spiro atoms. The first-order valence-electron chi connectivity index (χ1n) is 12.5. The highest BCUT2D eigenvalue weighted by Gasteiger charge is 2.29. The summed E-state index contributed by atoms with van der Waals surface area (Å²) in [7, 11) is 1.73. The fourth-order valence-corrected chi connectivity index (χ4v) is 3.99. The Morgan fingerprint density at radius 2 is 1.72 bits per heavy atom. The third kappa shape index (κ3) is 6.01. The smallest absolute Gasteiger partial charge is 0.347 e. The number of carbonyl (C=O) groups is 1. The van der Waals surface area contributed by atoms with Crippen molar-refractivity contribution in [1.29, 1.82) is 0 Å². The van der Waals surface area contributed by atoms with E-state index in [0.717, 1.165) is 34.2 Å². The van der Waals surface area contributed by atoms with E-state index in [1.54, 1.807) is 19.2 Å². The number of carboxylic acid groups (broad SMARTS) is 1. The summed E-state index contributed by atoms with van der Waals surface area (Å²) in [5, 5.41) is 16.1. The number of hydrogen-bond donors (Lipinski definition) is 2. The van der Waals surface area contributed by atoms with Gasteiger partial charge >= 0.3 is 12.0 Å². The van der Waals surface area contributed by atoms with Crippen LogP contribution in [0.3, 0.4) is 0 Å². The molecule has 3 aromatic carbocycles. The lowest BCUT2D eigenvalue weighted by atomic mass is 10.1. The third-order valence-electron chi connectivity index (χ3n) is 6.26. The van der Waals surface area contributed by atoms with Crippen LogP contribution in [0.5, 0.6) is 5.75 Å². The first-order chi connectivity index (χ1) is 18.8. The second-order valence-corrected chi connectivity index (χ2v) is 9.57. The van der Waals surface area contributed by atoms with E-state index in [1.165, 1.54) is 13.8 Å². The zero-order valence-corrected chi connectivity index (χ0v) is 21.9. The normalized spacial score (nSPS) is 11.5. The molecule has 39 heavy (non-hydrogen) atoms. The van der Waals surface area contributed by atoms with Crippen molar-refractivity contribution in [2.45, 2.75) is 32.4 Å². The molecule has 0 fully saturated rings. The second kappa shape index (κ2) is 10.9. The maximum Gasteiger partial charge on any atom is 0.347 e. The van der Waals surface area contributed by atoms with Gasteiger partial charge in [-0.2, -0.15) is 9.97 Å². The summed E-state index contributed by atoms with van der Waals surface area (Å²) in [6.45, 7) is 4.27. The van der Waals surface area contributed by atoms with Crippen LogP contribution in [-0.2, 0) is 17.8 Å². The Hall–Kier alpha value is -4.86. The third-order valence-corrected chi connectivity index (χ3v) is 6.26. The van der Waals surface area contributed by atoms with Gasteiger partial charge in [-0.05, 0) is 55.7 Å². The largest absolute Gasteiger partial charge is 0.478 e. The van der Waals surface area contributed by atoms with Crippen molar-refractivity contribution in [3.05, 3.63) is 83.9 Å². The molecule has 2 aromatic heterocycles. The van der Waals surface area contributed by atoms with Crippen molar-refractivity contribution in [1.82, 2.24) is 15.1 Å². The molecule has 0 atom stereocenters.